The number of anilines is 1. The van der Waals surface area contributed by atoms with Gasteiger partial charge >= 0.3 is 0 Å². The lowest BCUT2D eigenvalue weighted by Crippen LogP contribution is -2.40. The zero-order chi connectivity index (χ0) is 17.9. The van der Waals surface area contributed by atoms with Gasteiger partial charge in [-0.25, -0.2) is 8.42 Å². The number of hydrogen-bond donors (Lipinski definition) is 1. The minimum Gasteiger partial charge on any atom is -0.379 e. The van der Waals surface area contributed by atoms with E-state index < -0.39 is 10.0 Å². The number of aryl methyl sites for hydroxylation is 1. The Morgan fingerprint density at radius 1 is 1.24 bits per heavy atom. The van der Waals surface area contributed by atoms with Gasteiger partial charge in [-0.05, 0) is 43.4 Å². The van der Waals surface area contributed by atoms with E-state index in [4.69, 9.17) is 4.74 Å². The summed E-state index contributed by atoms with van der Waals surface area (Å²) in [5.74, 6) is 0.427. The smallest absolute Gasteiger partial charge is 0.243 e. The Kier molecular flexibility index (Phi) is 5.76. The van der Waals surface area contributed by atoms with E-state index in [9.17, 15) is 13.2 Å². The van der Waals surface area contributed by atoms with E-state index in [1.165, 1.54) is 17.1 Å². The fourth-order valence-corrected chi connectivity index (χ4v) is 4.94. The number of benzene rings is 1. The second kappa shape index (κ2) is 7.85. The van der Waals surface area contributed by atoms with Crippen LogP contribution >= 0.6 is 0 Å². The number of carbonyl (C=O) groups is 1. The topological polar surface area (TPSA) is 75.7 Å². The SMILES string of the molecule is Cc1ccc(S(=O)(=O)N2CCOCC2)cc1NC(=O)CC1CCCC1. The van der Waals surface area contributed by atoms with Crippen LogP contribution < -0.4 is 5.32 Å². The van der Waals surface area contributed by atoms with E-state index >= 15 is 0 Å². The number of rotatable bonds is 5. The lowest BCUT2D eigenvalue weighted by Gasteiger charge is -2.26. The first-order chi connectivity index (χ1) is 12.0. The van der Waals surface area contributed by atoms with Gasteiger partial charge in [0.1, 0.15) is 0 Å². The Balaban J connectivity index is 1.74. The highest BCUT2D eigenvalue weighted by Crippen LogP contribution is 2.29. The van der Waals surface area contributed by atoms with Crippen LogP contribution in [0.2, 0.25) is 0 Å². The average Bonchev–Trinajstić information content (AvgIpc) is 3.10. The monoisotopic (exact) mass is 366 g/mol. The molecule has 7 heteroatoms. The first-order valence-electron chi connectivity index (χ1n) is 8.95. The number of nitrogens with one attached hydrogen (secondary N) is 1. The number of hydrogen-bond acceptors (Lipinski definition) is 4. The number of amides is 1. The van der Waals surface area contributed by atoms with Crippen LogP contribution in [0.3, 0.4) is 0 Å². The number of morpholine rings is 1. The van der Waals surface area contributed by atoms with E-state index in [1.807, 2.05) is 6.92 Å². The van der Waals surface area contributed by atoms with Gasteiger partial charge in [-0.15, -0.1) is 0 Å². The van der Waals surface area contributed by atoms with Gasteiger partial charge in [-0.1, -0.05) is 18.9 Å². The molecule has 0 radical (unpaired) electrons. The van der Waals surface area contributed by atoms with Crippen molar-refractivity contribution < 1.29 is 17.9 Å². The van der Waals surface area contributed by atoms with Crippen molar-refractivity contribution in [3.63, 3.8) is 0 Å². The van der Waals surface area contributed by atoms with Crippen molar-refractivity contribution in [2.75, 3.05) is 31.6 Å². The second-order valence-corrected chi connectivity index (χ2v) is 8.83. The molecule has 1 saturated heterocycles. The molecule has 0 atom stereocenters. The van der Waals surface area contributed by atoms with Crippen LogP contribution in [-0.4, -0.2) is 44.9 Å². The summed E-state index contributed by atoms with van der Waals surface area (Å²) in [7, 11) is -3.56. The Morgan fingerprint density at radius 2 is 1.92 bits per heavy atom. The molecule has 0 unspecified atom stereocenters. The van der Waals surface area contributed by atoms with Crippen molar-refractivity contribution in [3.8, 4) is 0 Å². The van der Waals surface area contributed by atoms with Gasteiger partial charge in [-0.2, -0.15) is 4.31 Å². The summed E-state index contributed by atoms with van der Waals surface area (Å²) in [5, 5.41) is 2.91. The third-order valence-corrected chi connectivity index (χ3v) is 6.93. The van der Waals surface area contributed by atoms with Crippen molar-refractivity contribution in [1.29, 1.82) is 0 Å². The van der Waals surface area contributed by atoms with E-state index in [1.54, 1.807) is 18.2 Å². The molecule has 1 amide bonds. The molecule has 0 aromatic heterocycles. The number of nitrogens with zero attached hydrogens (tertiary/aromatic N) is 1. The summed E-state index contributed by atoms with van der Waals surface area (Å²) in [5.41, 5.74) is 1.44. The molecule has 1 saturated carbocycles. The lowest BCUT2D eigenvalue weighted by molar-refractivity contribution is -0.117. The maximum Gasteiger partial charge on any atom is 0.243 e. The summed E-state index contributed by atoms with van der Waals surface area (Å²) < 4.78 is 32.2. The molecule has 25 heavy (non-hydrogen) atoms. The molecule has 2 aliphatic rings. The Labute approximate surface area is 149 Å². The molecular weight excluding hydrogens is 340 g/mol. The first kappa shape index (κ1) is 18.4. The van der Waals surface area contributed by atoms with Gasteiger partial charge in [-0.3, -0.25) is 4.79 Å². The Bertz CT molecular complexity index is 721. The summed E-state index contributed by atoms with van der Waals surface area (Å²) >= 11 is 0. The Hall–Kier alpha value is -1.44. The van der Waals surface area contributed by atoms with Crippen molar-refractivity contribution >= 4 is 21.6 Å². The van der Waals surface area contributed by atoms with Crippen molar-refractivity contribution in [1.82, 2.24) is 4.31 Å². The van der Waals surface area contributed by atoms with E-state index in [0.717, 1.165) is 18.4 Å². The highest BCUT2D eigenvalue weighted by atomic mass is 32.2. The van der Waals surface area contributed by atoms with Gasteiger partial charge < -0.3 is 10.1 Å². The van der Waals surface area contributed by atoms with Gasteiger partial charge in [0.15, 0.2) is 0 Å². The summed E-state index contributed by atoms with van der Waals surface area (Å²) in [4.78, 5) is 12.5. The molecule has 0 spiro atoms. The molecule has 1 aromatic carbocycles. The number of carbonyl (C=O) groups excluding carboxylic acids is 1. The molecule has 1 aliphatic heterocycles. The average molecular weight is 366 g/mol. The summed E-state index contributed by atoms with van der Waals surface area (Å²) in [6.07, 6.45) is 5.13. The molecule has 1 aliphatic carbocycles. The zero-order valence-corrected chi connectivity index (χ0v) is 15.5. The molecule has 1 aromatic rings. The maximum absolute atomic E-state index is 12.8. The van der Waals surface area contributed by atoms with Crippen LogP contribution in [0, 0.1) is 12.8 Å². The molecule has 0 bridgehead atoms. The molecule has 138 valence electrons. The summed E-state index contributed by atoms with van der Waals surface area (Å²) in [6.45, 7) is 3.42. The zero-order valence-electron chi connectivity index (χ0n) is 14.7. The highest BCUT2D eigenvalue weighted by molar-refractivity contribution is 7.89. The van der Waals surface area contributed by atoms with Gasteiger partial charge in [0.25, 0.3) is 0 Å². The minimum absolute atomic E-state index is 0.0316. The highest BCUT2D eigenvalue weighted by Gasteiger charge is 2.27. The Morgan fingerprint density at radius 3 is 2.60 bits per heavy atom. The number of sulfonamides is 1. The van der Waals surface area contributed by atoms with Gasteiger partial charge in [0.2, 0.25) is 15.9 Å². The molecule has 6 nitrogen and oxygen atoms in total. The molecule has 1 heterocycles. The van der Waals surface area contributed by atoms with Gasteiger partial charge in [0.05, 0.1) is 18.1 Å². The fourth-order valence-electron chi connectivity index (χ4n) is 3.51. The quantitative estimate of drug-likeness (QED) is 0.869. The number of ether oxygens (including phenoxy) is 1. The third-order valence-electron chi connectivity index (χ3n) is 5.04. The predicted molar refractivity (Wildman–Crippen MR) is 96.0 cm³/mol. The van der Waals surface area contributed by atoms with Crippen LogP contribution in [-0.2, 0) is 19.6 Å². The van der Waals surface area contributed by atoms with Gasteiger partial charge in [0, 0.05) is 25.2 Å². The van der Waals surface area contributed by atoms with E-state index in [0.29, 0.717) is 44.3 Å². The van der Waals surface area contributed by atoms with Crippen molar-refractivity contribution in [2.24, 2.45) is 5.92 Å². The van der Waals surface area contributed by atoms with E-state index in [-0.39, 0.29) is 10.8 Å². The molecule has 3 rings (SSSR count). The molecular formula is C18H26N2O4S. The fraction of sp³-hybridized carbons (Fsp3) is 0.611. The van der Waals surface area contributed by atoms with Crippen LogP contribution in [0.5, 0.6) is 0 Å². The maximum atomic E-state index is 12.8. The first-order valence-corrected chi connectivity index (χ1v) is 10.4. The van der Waals surface area contributed by atoms with Crippen LogP contribution in [0.1, 0.15) is 37.7 Å². The second-order valence-electron chi connectivity index (χ2n) is 6.90. The van der Waals surface area contributed by atoms with Crippen molar-refractivity contribution in [2.45, 2.75) is 43.9 Å². The molecule has 2 fully saturated rings. The van der Waals surface area contributed by atoms with Crippen molar-refractivity contribution in [3.05, 3.63) is 23.8 Å². The third kappa shape index (κ3) is 4.40. The lowest BCUT2D eigenvalue weighted by atomic mass is 10.0. The van der Waals surface area contributed by atoms with Crippen LogP contribution in [0.4, 0.5) is 5.69 Å². The van der Waals surface area contributed by atoms with Crippen LogP contribution in [0.15, 0.2) is 23.1 Å². The van der Waals surface area contributed by atoms with E-state index in [2.05, 4.69) is 5.32 Å². The minimum atomic E-state index is -3.56. The predicted octanol–water partition coefficient (Wildman–Crippen LogP) is 2.53. The largest absolute Gasteiger partial charge is 0.379 e. The normalized spacial score (nSPS) is 19.9. The standard InChI is InChI=1S/C18H26N2O4S/c1-14-6-7-16(25(22,23)20-8-10-24-11-9-20)13-17(14)19-18(21)12-15-4-2-3-5-15/h6-7,13,15H,2-5,8-12H2,1H3,(H,19,21). The summed E-state index contributed by atoms with van der Waals surface area (Å²) in [6, 6.07) is 4.93. The molecule has 1 N–H and O–H groups in total. The van der Waals surface area contributed by atoms with Crippen LogP contribution in [0.25, 0.3) is 0 Å².